The molecule has 236 valence electrons. The average Bonchev–Trinajstić information content (AvgIpc) is 3.60. The maximum absolute atomic E-state index is 14.4. The lowest BCUT2D eigenvalue weighted by atomic mass is 9.89. The number of hydrogen-bond acceptors (Lipinski definition) is 7. The molecule has 2 fully saturated rings. The van der Waals surface area contributed by atoms with E-state index in [2.05, 4.69) is 46.5 Å². The standard InChI is InChI=1S/C37H39N5O3S/c1-25-12-17-32(34(22-25)46(44,45)31-10-4-3-5-11-31)33-23-28-24-38-37(40-35(28)42(36(33)43)30-8-6-7-9-30)39-29-15-13-26(14-16-29)27-18-20-41(2)21-19-27/h3-5,10-17,22-24,27,30H,6-9,18-21H2,1-2H3,(H,38,39,40). The summed E-state index contributed by atoms with van der Waals surface area (Å²) < 4.78 is 29.6. The molecule has 0 amide bonds. The zero-order chi connectivity index (χ0) is 31.8. The number of hydrogen-bond donors (Lipinski definition) is 1. The van der Waals surface area contributed by atoms with Crippen LogP contribution in [-0.4, -0.2) is 48.0 Å². The Labute approximate surface area is 270 Å². The Morgan fingerprint density at radius 1 is 0.848 bits per heavy atom. The maximum Gasteiger partial charge on any atom is 0.260 e. The van der Waals surface area contributed by atoms with Crippen molar-refractivity contribution in [3.05, 3.63) is 107 Å². The van der Waals surface area contributed by atoms with E-state index in [0.717, 1.165) is 50.0 Å². The number of nitrogens with zero attached hydrogens (tertiary/aromatic N) is 4. The molecule has 9 heteroatoms. The van der Waals surface area contributed by atoms with E-state index in [1.807, 2.05) is 13.0 Å². The quantitative estimate of drug-likeness (QED) is 0.201. The van der Waals surface area contributed by atoms with Crippen LogP contribution in [0.4, 0.5) is 11.6 Å². The molecule has 1 saturated carbocycles. The summed E-state index contributed by atoms with van der Waals surface area (Å²) in [5, 5.41) is 4.03. The lowest BCUT2D eigenvalue weighted by molar-refractivity contribution is 0.255. The van der Waals surface area contributed by atoms with Crippen LogP contribution in [0.5, 0.6) is 0 Å². The van der Waals surface area contributed by atoms with Gasteiger partial charge in [0.25, 0.3) is 5.56 Å². The van der Waals surface area contributed by atoms with Gasteiger partial charge in [-0.3, -0.25) is 9.36 Å². The Kier molecular flexibility index (Phi) is 8.21. The van der Waals surface area contributed by atoms with Gasteiger partial charge in [-0.15, -0.1) is 0 Å². The third-order valence-corrected chi connectivity index (χ3v) is 11.4. The van der Waals surface area contributed by atoms with E-state index >= 15 is 0 Å². The summed E-state index contributed by atoms with van der Waals surface area (Å²) in [5.41, 5.74) is 4.08. The Morgan fingerprint density at radius 3 is 2.28 bits per heavy atom. The summed E-state index contributed by atoms with van der Waals surface area (Å²) in [5.74, 6) is 0.995. The number of nitrogens with one attached hydrogen (secondary N) is 1. The molecule has 3 heterocycles. The van der Waals surface area contributed by atoms with E-state index in [-0.39, 0.29) is 21.4 Å². The molecule has 0 radical (unpaired) electrons. The van der Waals surface area contributed by atoms with Crippen molar-refractivity contribution < 1.29 is 8.42 Å². The zero-order valence-corrected chi connectivity index (χ0v) is 27.1. The SMILES string of the molecule is Cc1ccc(-c2cc3cnc(Nc4ccc(C5CCN(C)CC5)cc4)nc3n(C3CCCC3)c2=O)c(S(=O)(=O)c2ccccc2)c1. The number of aryl methyl sites for hydroxylation is 1. The van der Waals surface area contributed by atoms with Crippen molar-refractivity contribution in [1.82, 2.24) is 19.4 Å². The van der Waals surface area contributed by atoms with Crippen LogP contribution in [0.15, 0.2) is 99.6 Å². The van der Waals surface area contributed by atoms with Crippen LogP contribution in [-0.2, 0) is 9.84 Å². The van der Waals surface area contributed by atoms with Gasteiger partial charge < -0.3 is 10.2 Å². The Balaban J connectivity index is 1.29. The number of rotatable bonds is 7. The van der Waals surface area contributed by atoms with Gasteiger partial charge in [0.1, 0.15) is 5.65 Å². The van der Waals surface area contributed by atoms with Crippen molar-refractivity contribution in [3.8, 4) is 11.1 Å². The summed E-state index contributed by atoms with van der Waals surface area (Å²) >= 11 is 0. The van der Waals surface area contributed by atoms with Crippen molar-refractivity contribution in [2.24, 2.45) is 0 Å². The monoisotopic (exact) mass is 633 g/mol. The number of pyridine rings is 1. The molecule has 7 rings (SSSR count). The molecule has 0 spiro atoms. The first kappa shape index (κ1) is 30.3. The van der Waals surface area contributed by atoms with E-state index in [9.17, 15) is 13.2 Å². The summed E-state index contributed by atoms with van der Waals surface area (Å²) in [4.78, 5) is 26.6. The predicted molar refractivity (Wildman–Crippen MR) is 183 cm³/mol. The van der Waals surface area contributed by atoms with Gasteiger partial charge in [-0.25, -0.2) is 13.4 Å². The molecular formula is C37H39N5O3S. The van der Waals surface area contributed by atoms with Gasteiger partial charge in [-0.05, 0) is 106 Å². The molecule has 2 aliphatic rings. The fraction of sp³-hybridized carbons (Fsp3) is 0.324. The second-order valence-corrected chi connectivity index (χ2v) is 14.7. The van der Waals surface area contributed by atoms with Crippen molar-refractivity contribution in [1.29, 1.82) is 0 Å². The van der Waals surface area contributed by atoms with Crippen molar-refractivity contribution in [2.45, 2.75) is 67.2 Å². The molecule has 8 nitrogen and oxygen atoms in total. The van der Waals surface area contributed by atoms with Crippen LogP contribution in [0.1, 0.15) is 61.6 Å². The highest BCUT2D eigenvalue weighted by Gasteiger charge is 2.27. The molecule has 5 aromatic rings. The third-order valence-electron chi connectivity index (χ3n) is 9.59. The van der Waals surface area contributed by atoms with Crippen molar-refractivity contribution >= 4 is 32.5 Å². The number of likely N-dealkylation sites (tertiary alicyclic amines) is 1. The normalized spacial score (nSPS) is 16.7. The molecular weight excluding hydrogens is 595 g/mol. The molecule has 0 unspecified atom stereocenters. The number of sulfone groups is 1. The number of piperidine rings is 1. The molecule has 1 aliphatic carbocycles. The number of fused-ring (bicyclic) bond motifs is 1. The van der Waals surface area contributed by atoms with Crippen LogP contribution in [0, 0.1) is 6.92 Å². The summed E-state index contributed by atoms with van der Waals surface area (Å²) in [6.07, 6.45) is 7.85. The largest absolute Gasteiger partial charge is 0.324 e. The van der Waals surface area contributed by atoms with Crippen molar-refractivity contribution in [3.63, 3.8) is 0 Å². The van der Waals surface area contributed by atoms with Gasteiger partial charge in [0.15, 0.2) is 0 Å². The van der Waals surface area contributed by atoms with Crippen LogP contribution < -0.4 is 10.9 Å². The minimum Gasteiger partial charge on any atom is -0.324 e. The van der Waals surface area contributed by atoms with E-state index in [1.54, 1.807) is 59.3 Å². The predicted octanol–water partition coefficient (Wildman–Crippen LogP) is 7.27. The number of benzene rings is 3. The minimum absolute atomic E-state index is 0.0221. The molecule has 46 heavy (non-hydrogen) atoms. The van der Waals surface area contributed by atoms with Gasteiger partial charge in [0, 0.05) is 34.4 Å². The minimum atomic E-state index is -3.89. The molecule has 0 bridgehead atoms. The van der Waals surface area contributed by atoms with Gasteiger partial charge in [0.05, 0.1) is 9.79 Å². The smallest absolute Gasteiger partial charge is 0.260 e. The van der Waals surface area contributed by atoms with Crippen LogP contribution in [0.3, 0.4) is 0 Å². The molecule has 3 aromatic carbocycles. The molecule has 1 N–H and O–H groups in total. The van der Waals surface area contributed by atoms with Crippen LogP contribution in [0.2, 0.25) is 0 Å². The van der Waals surface area contributed by atoms with E-state index in [1.165, 1.54) is 18.4 Å². The highest BCUT2D eigenvalue weighted by molar-refractivity contribution is 7.91. The zero-order valence-electron chi connectivity index (χ0n) is 26.3. The van der Waals surface area contributed by atoms with Crippen LogP contribution in [0.25, 0.3) is 22.2 Å². The fourth-order valence-electron chi connectivity index (χ4n) is 6.99. The lowest BCUT2D eigenvalue weighted by Crippen LogP contribution is -2.29. The summed E-state index contributed by atoms with van der Waals surface area (Å²) in [7, 11) is -1.71. The third kappa shape index (κ3) is 5.85. The molecule has 1 saturated heterocycles. The highest BCUT2D eigenvalue weighted by Crippen LogP contribution is 2.35. The summed E-state index contributed by atoms with van der Waals surface area (Å²) in [6.45, 7) is 4.10. The van der Waals surface area contributed by atoms with Gasteiger partial charge in [-0.2, -0.15) is 4.98 Å². The fourth-order valence-corrected chi connectivity index (χ4v) is 8.56. The van der Waals surface area contributed by atoms with Gasteiger partial charge >= 0.3 is 0 Å². The molecule has 2 aromatic heterocycles. The second-order valence-electron chi connectivity index (χ2n) is 12.8. The lowest BCUT2D eigenvalue weighted by Gasteiger charge is -2.29. The van der Waals surface area contributed by atoms with E-state index < -0.39 is 9.84 Å². The second kappa shape index (κ2) is 12.5. The first-order valence-corrected chi connectivity index (χ1v) is 17.7. The van der Waals surface area contributed by atoms with Crippen LogP contribution >= 0.6 is 0 Å². The Hall–Kier alpha value is -4.34. The Morgan fingerprint density at radius 2 is 1.57 bits per heavy atom. The van der Waals surface area contributed by atoms with E-state index in [4.69, 9.17) is 4.98 Å². The maximum atomic E-state index is 14.4. The van der Waals surface area contributed by atoms with Gasteiger partial charge in [-0.1, -0.05) is 55.3 Å². The van der Waals surface area contributed by atoms with Gasteiger partial charge in [0.2, 0.25) is 15.8 Å². The first-order valence-electron chi connectivity index (χ1n) is 16.2. The Bertz CT molecular complexity index is 2050. The first-order chi connectivity index (χ1) is 22.3. The van der Waals surface area contributed by atoms with Crippen molar-refractivity contribution in [2.75, 3.05) is 25.5 Å². The van der Waals surface area contributed by atoms with E-state index in [0.29, 0.717) is 34.0 Å². The number of anilines is 2. The topological polar surface area (TPSA) is 97.2 Å². The molecule has 0 atom stereocenters. The average molecular weight is 634 g/mol. The number of aromatic nitrogens is 3. The summed E-state index contributed by atoms with van der Waals surface area (Å²) in [6, 6.07) is 23.9. The highest BCUT2D eigenvalue weighted by atomic mass is 32.2. The molecule has 1 aliphatic heterocycles.